The Labute approximate surface area is 121 Å². The van der Waals surface area contributed by atoms with Gasteiger partial charge in [0, 0.05) is 10.5 Å². The fraction of sp³-hybridized carbons (Fsp3) is 0.133. The number of hydrogen-bond acceptors (Lipinski definition) is 3. The maximum absolute atomic E-state index is 12.2. The minimum absolute atomic E-state index is 0.0989. The smallest absolute Gasteiger partial charge is 0.191 e. The molecule has 0 N–H and O–H groups in total. The van der Waals surface area contributed by atoms with Crippen molar-refractivity contribution < 1.29 is 9.53 Å². The summed E-state index contributed by atoms with van der Waals surface area (Å²) in [6.07, 6.45) is 0. The van der Waals surface area contributed by atoms with Crippen LogP contribution in [0.5, 0.6) is 5.75 Å². The van der Waals surface area contributed by atoms with Gasteiger partial charge in [0.1, 0.15) is 10.5 Å². The quantitative estimate of drug-likeness (QED) is 0.468. The molecule has 0 aliphatic heterocycles. The Morgan fingerprint density at radius 3 is 2.32 bits per heavy atom. The molecular formula is C15H13ClO2S. The first kappa shape index (κ1) is 14.0. The van der Waals surface area contributed by atoms with Crippen molar-refractivity contribution in [2.45, 2.75) is 9.60 Å². The number of Topliss-reactive ketones (excluding diaryl/α,β-unsaturated/α-hetero) is 1. The topological polar surface area (TPSA) is 26.3 Å². The minimum atomic E-state index is -0.629. The van der Waals surface area contributed by atoms with Crippen LogP contribution in [0.3, 0.4) is 0 Å². The van der Waals surface area contributed by atoms with Gasteiger partial charge in [-0.1, -0.05) is 30.0 Å². The number of ketones is 1. The molecule has 4 heteroatoms. The van der Waals surface area contributed by atoms with E-state index in [9.17, 15) is 4.79 Å². The Bertz CT molecular complexity index is 540. The summed E-state index contributed by atoms with van der Waals surface area (Å²) in [6, 6.07) is 16.6. The second-order valence-electron chi connectivity index (χ2n) is 3.84. The van der Waals surface area contributed by atoms with Gasteiger partial charge in [-0.3, -0.25) is 4.79 Å². The highest BCUT2D eigenvalue weighted by molar-refractivity contribution is 8.01. The fourth-order valence-corrected chi connectivity index (χ4v) is 2.79. The maximum Gasteiger partial charge on any atom is 0.191 e. The Hall–Kier alpha value is -1.45. The van der Waals surface area contributed by atoms with Crippen molar-refractivity contribution in [3.05, 3.63) is 60.2 Å². The van der Waals surface area contributed by atoms with Crippen LogP contribution >= 0.6 is 23.4 Å². The zero-order valence-electron chi connectivity index (χ0n) is 10.4. The van der Waals surface area contributed by atoms with Crippen LogP contribution in [-0.4, -0.2) is 17.6 Å². The van der Waals surface area contributed by atoms with Crippen LogP contribution in [0.2, 0.25) is 0 Å². The minimum Gasteiger partial charge on any atom is -0.497 e. The highest BCUT2D eigenvalue weighted by Gasteiger charge is 2.18. The van der Waals surface area contributed by atoms with Gasteiger partial charge >= 0.3 is 0 Å². The molecule has 2 nitrogen and oxygen atoms in total. The maximum atomic E-state index is 12.2. The zero-order valence-corrected chi connectivity index (χ0v) is 11.9. The van der Waals surface area contributed by atoms with E-state index in [0.29, 0.717) is 5.56 Å². The van der Waals surface area contributed by atoms with Crippen LogP contribution in [0.25, 0.3) is 0 Å². The molecular weight excluding hydrogens is 280 g/mol. The standard InChI is InChI=1S/C15H13ClO2S/c1-18-12-9-7-11(8-10-12)14(17)15(16)19-13-5-3-2-4-6-13/h2-10,15H,1H3. The number of rotatable bonds is 5. The molecule has 0 aliphatic rings. The fourth-order valence-electron chi connectivity index (χ4n) is 1.56. The normalized spacial score (nSPS) is 11.9. The molecule has 1 unspecified atom stereocenters. The number of thioether (sulfide) groups is 1. The molecule has 98 valence electrons. The van der Waals surface area contributed by atoms with Gasteiger partial charge in [0.05, 0.1) is 7.11 Å². The molecule has 0 heterocycles. The summed E-state index contributed by atoms with van der Waals surface area (Å²) in [5.41, 5.74) is 0.587. The molecule has 0 amide bonds. The lowest BCUT2D eigenvalue weighted by Gasteiger charge is -2.09. The van der Waals surface area contributed by atoms with Crippen LogP contribution in [-0.2, 0) is 0 Å². The van der Waals surface area contributed by atoms with Crippen LogP contribution in [0.1, 0.15) is 10.4 Å². The Morgan fingerprint density at radius 2 is 1.74 bits per heavy atom. The summed E-state index contributed by atoms with van der Waals surface area (Å²) in [6.45, 7) is 0. The number of hydrogen-bond donors (Lipinski definition) is 0. The third kappa shape index (κ3) is 3.75. The summed E-state index contributed by atoms with van der Waals surface area (Å²) in [4.78, 5) is 13.1. The molecule has 0 saturated heterocycles. The van der Waals surface area contributed by atoms with Gasteiger partial charge in [0.15, 0.2) is 5.78 Å². The van der Waals surface area contributed by atoms with Gasteiger partial charge in [-0.05, 0) is 36.4 Å². The largest absolute Gasteiger partial charge is 0.497 e. The zero-order chi connectivity index (χ0) is 13.7. The van der Waals surface area contributed by atoms with Crippen molar-refractivity contribution in [2.75, 3.05) is 7.11 Å². The van der Waals surface area contributed by atoms with E-state index in [1.54, 1.807) is 31.4 Å². The third-order valence-corrected chi connectivity index (χ3v) is 3.99. The molecule has 0 spiro atoms. The second kappa shape index (κ2) is 6.64. The van der Waals surface area contributed by atoms with E-state index >= 15 is 0 Å². The summed E-state index contributed by atoms with van der Waals surface area (Å²) < 4.78 is 4.43. The van der Waals surface area contributed by atoms with E-state index in [1.807, 2.05) is 30.3 Å². The van der Waals surface area contributed by atoms with Crippen molar-refractivity contribution in [1.29, 1.82) is 0 Å². The van der Waals surface area contributed by atoms with Gasteiger partial charge < -0.3 is 4.74 Å². The van der Waals surface area contributed by atoms with Crippen LogP contribution in [0, 0.1) is 0 Å². The van der Waals surface area contributed by atoms with Crippen molar-refractivity contribution in [3.63, 3.8) is 0 Å². The monoisotopic (exact) mass is 292 g/mol. The van der Waals surface area contributed by atoms with Gasteiger partial charge in [-0.2, -0.15) is 0 Å². The van der Waals surface area contributed by atoms with E-state index in [0.717, 1.165) is 10.6 Å². The first-order chi connectivity index (χ1) is 9.20. The lowest BCUT2D eigenvalue weighted by Crippen LogP contribution is -2.10. The van der Waals surface area contributed by atoms with Crippen molar-refractivity contribution >= 4 is 29.1 Å². The molecule has 0 aliphatic carbocycles. The highest BCUT2D eigenvalue weighted by Crippen LogP contribution is 2.28. The van der Waals surface area contributed by atoms with Gasteiger partial charge in [-0.15, -0.1) is 11.6 Å². The summed E-state index contributed by atoms with van der Waals surface area (Å²) in [5, 5.41) is 0. The SMILES string of the molecule is COc1ccc(C(=O)C(Cl)Sc2ccccc2)cc1. The van der Waals surface area contributed by atoms with E-state index in [4.69, 9.17) is 16.3 Å². The molecule has 0 fully saturated rings. The van der Waals surface area contributed by atoms with Crippen LogP contribution in [0.15, 0.2) is 59.5 Å². The van der Waals surface area contributed by atoms with Gasteiger partial charge in [-0.25, -0.2) is 0 Å². The van der Waals surface area contributed by atoms with Crippen LogP contribution < -0.4 is 4.74 Å². The lowest BCUT2D eigenvalue weighted by molar-refractivity contribution is 0.101. The predicted molar refractivity (Wildman–Crippen MR) is 79.3 cm³/mol. The van der Waals surface area contributed by atoms with E-state index in [2.05, 4.69) is 0 Å². The lowest BCUT2D eigenvalue weighted by atomic mass is 10.1. The average Bonchev–Trinajstić information content (AvgIpc) is 2.47. The Kier molecular flexibility index (Phi) is 4.88. The van der Waals surface area contributed by atoms with Crippen molar-refractivity contribution in [2.24, 2.45) is 0 Å². The molecule has 0 saturated carbocycles. The van der Waals surface area contributed by atoms with Gasteiger partial charge in [0.25, 0.3) is 0 Å². The number of halogens is 1. The Balaban J connectivity index is 2.06. The van der Waals surface area contributed by atoms with Crippen molar-refractivity contribution in [1.82, 2.24) is 0 Å². The third-order valence-electron chi connectivity index (χ3n) is 2.56. The molecule has 2 aromatic rings. The number of benzene rings is 2. The number of carbonyl (C=O) groups is 1. The van der Waals surface area contributed by atoms with E-state index in [-0.39, 0.29) is 5.78 Å². The average molecular weight is 293 g/mol. The number of ether oxygens (including phenoxy) is 1. The number of carbonyl (C=O) groups excluding carboxylic acids is 1. The number of methoxy groups -OCH3 is 1. The van der Waals surface area contributed by atoms with Crippen molar-refractivity contribution in [3.8, 4) is 5.75 Å². The van der Waals surface area contributed by atoms with Gasteiger partial charge in [0.2, 0.25) is 0 Å². The second-order valence-corrected chi connectivity index (χ2v) is 5.71. The summed E-state index contributed by atoms with van der Waals surface area (Å²) >= 11 is 7.50. The highest BCUT2D eigenvalue weighted by atomic mass is 35.5. The molecule has 19 heavy (non-hydrogen) atoms. The van der Waals surface area contributed by atoms with E-state index in [1.165, 1.54) is 11.8 Å². The van der Waals surface area contributed by atoms with E-state index < -0.39 is 4.71 Å². The molecule has 0 aromatic heterocycles. The summed E-state index contributed by atoms with van der Waals surface area (Å²) in [7, 11) is 1.59. The molecule has 0 bridgehead atoms. The first-order valence-corrected chi connectivity index (χ1v) is 7.06. The summed E-state index contributed by atoms with van der Waals surface area (Å²) in [5.74, 6) is 0.622. The first-order valence-electron chi connectivity index (χ1n) is 5.75. The molecule has 0 radical (unpaired) electrons. The number of alkyl halides is 1. The molecule has 2 aromatic carbocycles. The predicted octanol–water partition coefficient (Wildman–Crippen LogP) is 4.24. The van der Waals surface area contributed by atoms with Crippen LogP contribution in [0.4, 0.5) is 0 Å². The Morgan fingerprint density at radius 1 is 1.11 bits per heavy atom. The molecule has 2 rings (SSSR count). The molecule has 1 atom stereocenters.